The van der Waals surface area contributed by atoms with Gasteiger partial charge in [0.15, 0.2) is 0 Å². The van der Waals surface area contributed by atoms with Crippen LogP contribution in [-0.4, -0.2) is 12.6 Å². The van der Waals surface area contributed by atoms with Crippen molar-refractivity contribution < 1.29 is 14.3 Å². The van der Waals surface area contributed by atoms with E-state index in [1.165, 1.54) is 0 Å². The molecule has 0 radical (unpaired) electrons. The third-order valence-electron chi connectivity index (χ3n) is 2.69. The summed E-state index contributed by atoms with van der Waals surface area (Å²) in [7, 11) is 0. The number of carbonyl (C=O) groups is 1. The highest BCUT2D eigenvalue weighted by Gasteiger charge is 2.06. The Morgan fingerprint density at radius 2 is 1.74 bits per heavy atom. The Labute approximate surface area is 112 Å². The first-order chi connectivity index (χ1) is 9.20. The molecule has 0 amide bonds. The summed E-state index contributed by atoms with van der Waals surface area (Å²) in [4.78, 5) is 11.5. The minimum atomic E-state index is -0.315. The smallest absolute Gasteiger partial charge is 0.338 e. The maximum absolute atomic E-state index is 11.5. The maximum Gasteiger partial charge on any atom is 0.338 e. The zero-order chi connectivity index (χ0) is 13.7. The molecule has 0 aliphatic heterocycles. The molecule has 0 aromatic heterocycles. The van der Waals surface area contributed by atoms with Crippen LogP contribution < -0.4 is 4.74 Å². The first-order valence-corrected chi connectivity index (χ1v) is 6.21. The maximum atomic E-state index is 11.5. The summed E-state index contributed by atoms with van der Waals surface area (Å²) in [6.07, 6.45) is 0. The average Bonchev–Trinajstić information content (AvgIpc) is 2.42. The van der Waals surface area contributed by atoms with E-state index in [1.54, 1.807) is 31.2 Å². The Kier molecular flexibility index (Phi) is 4.18. The quantitative estimate of drug-likeness (QED) is 0.776. The fourth-order valence-electron chi connectivity index (χ4n) is 1.67. The van der Waals surface area contributed by atoms with Gasteiger partial charge in [0, 0.05) is 0 Å². The zero-order valence-corrected chi connectivity index (χ0v) is 11.1. The number of rotatable bonds is 4. The second-order valence-electron chi connectivity index (χ2n) is 4.11. The number of esters is 1. The predicted octanol–water partition coefficient (Wildman–Crippen LogP) is 3.96. The highest BCUT2D eigenvalue weighted by Crippen LogP contribution is 2.24. The number of hydrogen-bond acceptors (Lipinski definition) is 3. The van der Waals surface area contributed by atoms with Gasteiger partial charge in [-0.05, 0) is 49.7 Å². The fourth-order valence-corrected chi connectivity index (χ4v) is 1.67. The van der Waals surface area contributed by atoms with Gasteiger partial charge in [-0.3, -0.25) is 0 Å². The Morgan fingerprint density at radius 1 is 1.05 bits per heavy atom. The van der Waals surface area contributed by atoms with E-state index >= 15 is 0 Å². The number of benzene rings is 2. The number of hydrogen-bond donors (Lipinski definition) is 0. The summed E-state index contributed by atoms with van der Waals surface area (Å²) in [6, 6.07) is 14.7. The molecule has 0 fully saturated rings. The minimum Gasteiger partial charge on any atom is -0.462 e. The van der Waals surface area contributed by atoms with Crippen LogP contribution in [0.1, 0.15) is 22.8 Å². The van der Waals surface area contributed by atoms with Crippen molar-refractivity contribution in [3.05, 3.63) is 59.7 Å². The van der Waals surface area contributed by atoms with Crippen molar-refractivity contribution in [2.45, 2.75) is 13.8 Å². The van der Waals surface area contributed by atoms with Gasteiger partial charge >= 0.3 is 5.97 Å². The van der Waals surface area contributed by atoms with Crippen molar-refractivity contribution in [1.29, 1.82) is 0 Å². The topological polar surface area (TPSA) is 35.5 Å². The SMILES string of the molecule is CCOC(=O)c1ccc(Oc2ccccc2C)cc1. The lowest BCUT2D eigenvalue weighted by Gasteiger charge is -2.08. The van der Waals surface area contributed by atoms with Gasteiger partial charge in [-0.2, -0.15) is 0 Å². The van der Waals surface area contributed by atoms with Crippen LogP contribution in [0.15, 0.2) is 48.5 Å². The molecule has 0 heterocycles. The van der Waals surface area contributed by atoms with Crippen LogP contribution in [0.5, 0.6) is 11.5 Å². The highest BCUT2D eigenvalue weighted by atomic mass is 16.5. The Hall–Kier alpha value is -2.29. The average molecular weight is 256 g/mol. The summed E-state index contributed by atoms with van der Waals surface area (Å²) < 4.78 is 10.7. The monoisotopic (exact) mass is 256 g/mol. The van der Waals surface area contributed by atoms with E-state index in [9.17, 15) is 4.79 Å². The molecule has 0 N–H and O–H groups in total. The van der Waals surface area contributed by atoms with Crippen molar-refractivity contribution in [3.63, 3.8) is 0 Å². The van der Waals surface area contributed by atoms with Gasteiger partial charge in [-0.1, -0.05) is 18.2 Å². The number of para-hydroxylation sites is 1. The normalized spacial score (nSPS) is 10.0. The summed E-state index contributed by atoms with van der Waals surface area (Å²) in [5, 5.41) is 0. The number of ether oxygens (including phenoxy) is 2. The molecule has 0 aliphatic rings. The highest BCUT2D eigenvalue weighted by molar-refractivity contribution is 5.89. The fraction of sp³-hybridized carbons (Fsp3) is 0.188. The van der Waals surface area contributed by atoms with E-state index in [0.717, 1.165) is 11.3 Å². The van der Waals surface area contributed by atoms with E-state index in [-0.39, 0.29) is 5.97 Å². The van der Waals surface area contributed by atoms with Gasteiger partial charge in [0.1, 0.15) is 11.5 Å². The van der Waals surface area contributed by atoms with E-state index in [0.29, 0.717) is 17.9 Å². The van der Waals surface area contributed by atoms with Gasteiger partial charge in [-0.15, -0.1) is 0 Å². The molecule has 19 heavy (non-hydrogen) atoms. The molecule has 0 atom stereocenters. The summed E-state index contributed by atoms with van der Waals surface area (Å²) in [6.45, 7) is 4.15. The third-order valence-corrected chi connectivity index (χ3v) is 2.69. The van der Waals surface area contributed by atoms with Crippen LogP contribution in [0.4, 0.5) is 0 Å². The van der Waals surface area contributed by atoms with E-state index < -0.39 is 0 Å². The van der Waals surface area contributed by atoms with Gasteiger partial charge in [0.2, 0.25) is 0 Å². The summed E-state index contributed by atoms with van der Waals surface area (Å²) >= 11 is 0. The molecule has 2 rings (SSSR count). The second kappa shape index (κ2) is 6.05. The third kappa shape index (κ3) is 3.35. The van der Waals surface area contributed by atoms with Crippen molar-refractivity contribution in [2.24, 2.45) is 0 Å². The van der Waals surface area contributed by atoms with Crippen LogP contribution in [0.25, 0.3) is 0 Å². The van der Waals surface area contributed by atoms with E-state index in [1.807, 2.05) is 31.2 Å². The molecule has 98 valence electrons. The van der Waals surface area contributed by atoms with Gasteiger partial charge in [0.05, 0.1) is 12.2 Å². The number of carbonyl (C=O) groups excluding carboxylic acids is 1. The Morgan fingerprint density at radius 3 is 2.37 bits per heavy atom. The lowest BCUT2D eigenvalue weighted by atomic mass is 10.2. The van der Waals surface area contributed by atoms with Crippen LogP contribution in [0.2, 0.25) is 0 Å². The van der Waals surface area contributed by atoms with Crippen molar-refractivity contribution in [2.75, 3.05) is 6.61 Å². The van der Waals surface area contributed by atoms with Gasteiger partial charge in [-0.25, -0.2) is 4.79 Å². The molecule has 3 heteroatoms. The molecule has 2 aromatic rings. The first kappa shape index (κ1) is 13.1. The number of aryl methyl sites for hydroxylation is 1. The molecular formula is C16H16O3. The molecule has 3 nitrogen and oxygen atoms in total. The lowest BCUT2D eigenvalue weighted by molar-refractivity contribution is 0.0526. The van der Waals surface area contributed by atoms with Crippen LogP contribution in [0, 0.1) is 6.92 Å². The van der Waals surface area contributed by atoms with Crippen molar-refractivity contribution >= 4 is 5.97 Å². The summed E-state index contributed by atoms with van der Waals surface area (Å²) in [5.41, 5.74) is 1.59. The minimum absolute atomic E-state index is 0.315. The first-order valence-electron chi connectivity index (χ1n) is 6.21. The molecule has 0 spiro atoms. The molecule has 0 saturated heterocycles. The Balaban J connectivity index is 2.11. The van der Waals surface area contributed by atoms with Crippen molar-refractivity contribution in [3.8, 4) is 11.5 Å². The largest absolute Gasteiger partial charge is 0.462 e. The van der Waals surface area contributed by atoms with E-state index in [4.69, 9.17) is 9.47 Å². The Bertz CT molecular complexity index is 558. The summed E-state index contributed by atoms with van der Waals surface area (Å²) in [5.74, 6) is 1.19. The molecular weight excluding hydrogens is 240 g/mol. The van der Waals surface area contributed by atoms with Crippen LogP contribution >= 0.6 is 0 Å². The van der Waals surface area contributed by atoms with Crippen LogP contribution in [-0.2, 0) is 4.74 Å². The van der Waals surface area contributed by atoms with Gasteiger partial charge in [0.25, 0.3) is 0 Å². The molecule has 2 aromatic carbocycles. The standard InChI is InChI=1S/C16H16O3/c1-3-18-16(17)13-8-10-14(11-9-13)19-15-7-5-4-6-12(15)2/h4-11H,3H2,1-2H3. The predicted molar refractivity (Wildman–Crippen MR) is 73.7 cm³/mol. The van der Waals surface area contributed by atoms with Crippen LogP contribution in [0.3, 0.4) is 0 Å². The lowest BCUT2D eigenvalue weighted by Crippen LogP contribution is -2.04. The molecule has 0 aliphatic carbocycles. The van der Waals surface area contributed by atoms with Gasteiger partial charge < -0.3 is 9.47 Å². The van der Waals surface area contributed by atoms with E-state index in [2.05, 4.69) is 0 Å². The molecule has 0 saturated carbocycles. The molecule has 0 unspecified atom stereocenters. The zero-order valence-electron chi connectivity index (χ0n) is 11.1. The van der Waals surface area contributed by atoms with Crippen molar-refractivity contribution in [1.82, 2.24) is 0 Å². The molecule has 0 bridgehead atoms. The second-order valence-corrected chi connectivity index (χ2v) is 4.11.